The number of rotatable bonds is 3. The number of carbonyl (C=O) groups is 1. The largest absolute Gasteiger partial charge is 0.446 e. The number of hydrogen-bond donors (Lipinski definition) is 0. The number of piperazine rings is 1. The lowest BCUT2D eigenvalue weighted by Crippen LogP contribution is -2.49. The molecule has 1 saturated heterocycles. The predicted molar refractivity (Wildman–Crippen MR) is 92.9 cm³/mol. The van der Waals surface area contributed by atoms with Gasteiger partial charge in [-0.1, -0.05) is 12.1 Å². The van der Waals surface area contributed by atoms with Gasteiger partial charge < -0.3 is 9.80 Å². The summed E-state index contributed by atoms with van der Waals surface area (Å²) >= 11 is -0.211. The van der Waals surface area contributed by atoms with Gasteiger partial charge in [-0.25, -0.2) is 4.39 Å². The molecule has 0 saturated carbocycles. The van der Waals surface area contributed by atoms with Crippen LogP contribution in [0.4, 0.5) is 23.2 Å². The Hall–Kier alpha value is -2.22. The molecule has 0 radical (unpaired) electrons. The molecule has 0 atom stereocenters. The van der Waals surface area contributed by atoms with Gasteiger partial charge in [0.25, 0.3) is 5.91 Å². The maximum atomic E-state index is 13.8. The Morgan fingerprint density at radius 3 is 2.12 bits per heavy atom. The standard InChI is InChI=1S/C18H16F4N2OS/c19-15-3-1-2-4-16(15)23-9-11-24(12-10-23)17(25)13-5-7-14(8-6-13)26-18(20,21)22/h1-8H,9-12H2. The van der Waals surface area contributed by atoms with Crippen molar-refractivity contribution >= 4 is 23.4 Å². The first-order valence-electron chi connectivity index (χ1n) is 7.98. The molecule has 0 aromatic heterocycles. The highest BCUT2D eigenvalue weighted by molar-refractivity contribution is 8.00. The summed E-state index contributed by atoms with van der Waals surface area (Å²) in [5.74, 6) is -0.535. The molecule has 8 heteroatoms. The Morgan fingerprint density at radius 2 is 1.54 bits per heavy atom. The van der Waals surface area contributed by atoms with Crippen LogP contribution in [0.3, 0.4) is 0 Å². The monoisotopic (exact) mass is 384 g/mol. The van der Waals surface area contributed by atoms with Crippen molar-refractivity contribution in [2.75, 3.05) is 31.1 Å². The van der Waals surface area contributed by atoms with Crippen LogP contribution in [0.15, 0.2) is 53.4 Å². The average Bonchev–Trinajstić information content (AvgIpc) is 2.61. The quantitative estimate of drug-likeness (QED) is 0.579. The minimum atomic E-state index is -4.35. The molecule has 1 fully saturated rings. The number of thioether (sulfide) groups is 1. The molecule has 3 nitrogen and oxygen atoms in total. The van der Waals surface area contributed by atoms with E-state index in [9.17, 15) is 22.4 Å². The molecule has 0 unspecified atom stereocenters. The van der Waals surface area contributed by atoms with E-state index in [1.54, 1.807) is 23.1 Å². The third-order valence-electron chi connectivity index (χ3n) is 4.09. The van der Waals surface area contributed by atoms with Crippen LogP contribution in [0.25, 0.3) is 0 Å². The third kappa shape index (κ3) is 4.49. The summed E-state index contributed by atoms with van der Waals surface area (Å²) in [4.78, 5) is 16.1. The molecule has 138 valence electrons. The number of halogens is 4. The summed E-state index contributed by atoms with van der Waals surface area (Å²) in [6.07, 6.45) is 0. The van der Waals surface area contributed by atoms with E-state index in [-0.39, 0.29) is 28.4 Å². The molecule has 0 aliphatic carbocycles. The van der Waals surface area contributed by atoms with Gasteiger partial charge in [0.05, 0.1) is 5.69 Å². The van der Waals surface area contributed by atoms with Gasteiger partial charge in [-0.15, -0.1) is 0 Å². The second kappa shape index (κ2) is 7.57. The zero-order valence-corrected chi connectivity index (χ0v) is 14.5. The first kappa shape index (κ1) is 18.6. The fourth-order valence-corrected chi connectivity index (χ4v) is 3.38. The fraction of sp³-hybridized carbons (Fsp3) is 0.278. The first-order valence-corrected chi connectivity index (χ1v) is 8.80. The second-order valence-electron chi connectivity index (χ2n) is 5.80. The van der Waals surface area contributed by atoms with Gasteiger partial charge in [0.15, 0.2) is 0 Å². The number of alkyl halides is 3. The number of benzene rings is 2. The molecule has 3 rings (SSSR count). The summed E-state index contributed by atoms with van der Waals surface area (Å²) in [5.41, 5.74) is -3.50. The van der Waals surface area contributed by atoms with Crippen LogP contribution < -0.4 is 4.90 Å². The lowest BCUT2D eigenvalue weighted by molar-refractivity contribution is -0.0328. The van der Waals surface area contributed by atoms with Crippen LogP contribution in [0.1, 0.15) is 10.4 Å². The van der Waals surface area contributed by atoms with Gasteiger partial charge in [-0.2, -0.15) is 13.2 Å². The van der Waals surface area contributed by atoms with Crippen LogP contribution in [0, 0.1) is 5.82 Å². The Kier molecular flexibility index (Phi) is 5.41. The van der Waals surface area contributed by atoms with E-state index in [0.717, 1.165) is 0 Å². The normalized spacial score (nSPS) is 15.2. The molecule has 1 aliphatic heterocycles. The average molecular weight is 384 g/mol. The zero-order chi connectivity index (χ0) is 18.7. The fourth-order valence-electron chi connectivity index (χ4n) is 2.84. The van der Waals surface area contributed by atoms with Crippen molar-refractivity contribution in [2.24, 2.45) is 0 Å². The van der Waals surface area contributed by atoms with Gasteiger partial charge in [0, 0.05) is 36.6 Å². The lowest BCUT2D eigenvalue weighted by Gasteiger charge is -2.36. The van der Waals surface area contributed by atoms with Crippen molar-refractivity contribution in [2.45, 2.75) is 10.4 Å². The molecule has 2 aromatic rings. The number of carbonyl (C=O) groups excluding carboxylic acids is 1. The molecule has 1 aliphatic rings. The third-order valence-corrected chi connectivity index (χ3v) is 4.83. The summed E-state index contributed by atoms with van der Waals surface area (Å²) in [5, 5.41) is 0. The summed E-state index contributed by atoms with van der Waals surface area (Å²) in [6.45, 7) is 1.84. The molecule has 0 N–H and O–H groups in total. The van der Waals surface area contributed by atoms with Crippen LogP contribution in [-0.2, 0) is 0 Å². The molecular formula is C18H16F4N2OS. The number of nitrogens with zero attached hydrogens (tertiary/aromatic N) is 2. The lowest BCUT2D eigenvalue weighted by atomic mass is 10.1. The highest BCUT2D eigenvalue weighted by atomic mass is 32.2. The topological polar surface area (TPSA) is 23.6 Å². The summed E-state index contributed by atoms with van der Waals surface area (Å²) < 4.78 is 50.9. The van der Waals surface area contributed by atoms with E-state index in [0.29, 0.717) is 37.4 Å². The Bertz CT molecular complexity index is 772. The van der Waals surface area contributed by atoms with Crippen molar-refractivity contribution in [1.29, 1.82) is 0 Å². The molecule has 1 amide bonds. The van der Waals surface area contributed by atoms with Crippen molar-refractivity contribution in [3.05, 3.63) is 59.9 Å². The van der Waals surface area contributed by atoms with E-state index in [1.165, 1.54) is 30.3 Å². The second-order valence-corrected chi connectivity index (χ2v) is 6.94. The van der Waals surface area contributed by atoms with Gasteiger partial charge in [-0.05, 0) is 48.2 Å². The number of hydrogen-bond acceptors (Lipinski definition) is 3. The Labute approximate surface area is 152 Å². The minimum Gasteiger partial charge on any atom is -0.366 e. The Balaban J connectivity index is 1.61. The van der Waals surface area contributed by atoms with E-state index >= 15 is 0 Å². The zero-order valence-electron chi connectivity index (χ0n) is 13.7. The van der Waals surface area contributed by atoms with Crippen molar-refractivity contribution in [3.63, 3.8) is 0 Å². The molecule has 26 heavy (non-hydrogen) atoms. The number of amides is 1. The predicted octanol–water partition coefficient (Wildman–Crippen LogP) is 4.40. The molecular weight excluding hydrogens is 368 g/mol. The molecule has 0 spiro atoms. The van der Waals surface area contributed by atoms with Crippen LogP contribution in [0.5, 0.6) is 0 Å². The maximum absolute atomic E-state index is 13.8. The van der Waals surface area contributed by atoms with Gasteiger partial charge in [-0.3, -0.25) is 4.79 Å². The van der Waals surface area contributed by atoms with Crippen LogP contribution in [-0.4, -0.2) is 42.5 Å². The highest BCUT2D eigenvalue weighted by Gasteiger charge is 2.29. The smallest absolute Gasteiger partial charge is 0.366 e. The maximum Gasteiger partial charge on any atom is 0.446 e. The number of para-hydroxylation sites is 1. The number of anilines is 1. The minimum absolute atomic E-state index is 0.0402. The van der Waals surface area contributed by atoms with E-state index in [2.05, 4.69) is 0 Å². The molecule has 2 aromatic carbocycles. The van der Waals surface area contributed by atoms with Gasteiger partial charge in [0.2, 0.25) is 0 Å². The SMILES string of the molecule is O=C(c1ccc(SC(F)(F)F)cc1)N1CCN(c2ccccc2F)CC1. The van der Waals surface area contributed by atoms with Crippen molar-refractivity contribution in [3.8, 4) is 0 Å². The molecule has 1 heterocycles. The van der Waals surface area contributed by atoms with Crippen molar-refractivity contribution < 1.29 is 22.4 Å². The highest BCUT2D eigenvalue weighted by Crippen LogP contribution is 2.36. The van der Waals surface area contributed by atoms with E-state index in [1.807, 2.05) is 4.90 Å². The van der Waals surface area contributed by atoms with E-state index < -0.39 is 5.51 Å². The van der Waals surface area contributed by atoms with Crippen LogP contribution in [0.2, 0.25) is 0 Å². The first-order chi connectivity index (χ1) is 12.3. The summed E-state index contributed by atoms with van der Waals surface area (Å²) in [6, 6.07) is 11.9. The van der Waals surface area contributed by atoms with Crippen LogP contribution >= 0.6 is 11.8 Å². The summed E-state index contributed by atoms with van der Waals surface area (Å²) in [7, 11) is 0. The van der Waals surface area contributed by atoms with Gasteiger partial charge in [0.1, 0.15) is 5.82 Å². The van der Waals surface area contributed by atoms with E-state index in [4.69, 9.17) is 0 Å². The van der Waals surface area contributed by atoms with Gasteiger partial charge >= 0.3 is 5.51 Å². The Morgan fingerprint density at radius 1 is 0.923 bits per heavy atom. The molecule has 0 bridgehead atoms. The van der Waals surface area contributed by atoms with Crippen molar-refractivity contribution in [1.82, 2.24) is 4.90 Å².